The number of carbonyl (C=O) groups excluding carboxylic acids is 1. The van der Waals surface area contributed by atoms with Crippen LogP contribution in [0.2, 0.25) is 10.0 Å². The molecule has 216 valence electrons. The minimum Gasteiger partial charge on any atom is -0.480 e. The summed E-state index contributed by atoms with van der Waals surface area (Å²) in [6, 6.07) is 14.1. The summed E-state index contributed by atoms with van der Waals surface area (Å²) >= 11 is 12.7. The molecule has 41 heavy (non-hydrogen) atoms. The molecule has 3 N–H and O–H groups in total. The van der Waals surface area contributed by atoms with Crippen molar-refractivity contribution in [1.82, 2.24) is 5.32 Å². The third-order valence-electron chi connectivity index (χ3n) is 6.54. The van der Waals surface area contributed by atoms with Crippen molar-refractivity contribution in [3.8, 4) is 0 Å². The second kappa shape index (κ2) is 12.0. The van der Waals surface area contributed by atoms with Crippen molar-refractivity contribution in [2.24, 2.45) is 0 Å². The Kier molecular flexibility index (Phi) is 9.01. The van der Waals surface area contributed by atoms with Crippen molar-refractivity contribution in [3.05, 3.63) is 93.7 Å². The number of fused-ring (bicyclic) bond motifs is 1. The number of hydrogen-bond donors (Lipinski definition) is 3. The van der Waals surface area contributed by atoms with Crippen molar-refractivity contribution < 1.29 is 37.2 Å². The van der Waals surface area contributed by atoms with Crippen molar-refractivity contribution >= 4 is 68.3 Å². The first kappa shape index (κ1) is 30.8. The molecule has 4 rings (SSSR count). The van der Waals surface area contributed by atoms with E-state index in [1.807, 2.05) is 0 Å². The Morgan fingerprint density at radius 1 is 1.05 bits per heavy atom. The molecule has 1 aromatic heterocycles. The Morgan fingerprint density at radius 2 is 1.71 bits per heavy atom. The van der Waals surface area contributed by atoms with E-state index in [2.05, 4.69) is 5.32 Å². The first-order valence-electron chi connectivity index (χ1n) is 12.2. The van der Waals surface area contributed by atoms with Crippen molar-refractivity contribution in [2.75, 3.05) is 19.1 Å². The van der Waals surface area contributed by atoms with Gasteiger partial charge in [0.05, 0.1) is 31.9 Å². The average Bonchev–Trinajstić information content (AvgIpc) is 3.32. The number of amides is 1. The summed E-state index contributed by atoms with van der Waals surface area (Å²) in [7, 11) is -6.63. The molecule has 0 radical (unpaired) electrons. The van der Waals surface area contributed by atoms with E-state index in [1.54, 1.807) is 30.3 Å². The third-order valence-corrected chi connectivity index (χ3v) is 10.7. The van der Waals surface area contributed by atoms with Gasteiger partial charge in [0, 0.05) is 24.2 Å². The van der Waals surface area contributed by atoms with E-state index in [-0.39, 0.29) is 38.7 Å². The van der Waals surface area contributed by atoms with Crippen LogP contribution in [0.5, 0.6) is 0 Å². The van der Waals surface area contributed by atoms with Crippen LogP contribution < -0.4 is 10.6 Å². The van der Waals surface area contributed by atoms with Gasteiger partial charge in [-0.3, -0.25) is 4.79 Å². The zero-order chi connectivity index (χ0) is 30.1. The highest BCUT2D eigenvalue weighted by atomic mass is 35.5. The van der Waals surface area contributed by atoms with E-state index in [4.69, 9.17) is 27.6 Å². The van der Waals surface area contributed by atoms with Crippen LogP contribution in [0.15, 0.2) is 76.2 Å². The van der Waals surface area contributed by atoms with Crippen LogP contribution in [0.4, 0.5) is 0 Å². The maximum Gasteiger partial charge on any atom is 0.326 e. The summed E-state index contributed by atoms with van der Waals surface area (Å²) < 4.78 is 42.8. The second-order valence-corrected chi connectivity index (χ2v) is 15.6. The number of aliphatic carboxylic acids is 1. The first-order chi connectivity index (χ1) is 19.2. The Morgan fingerprint density at radius 3 is 2.34 bits per heavy atom. The van der Waals surface area contributed by atoms with Gasteiger partial charge >= 0.3 is 5.97 Å². The smallest absolute Gasteiger partial charge is 0.326 e. The van der Waals surface area contributed by atoms with Gasteiger partial charge in [-0.2, -0.15) is 0 Å². The van der Waals surface area contributed by atoms with Crippen LogP contribution in [0, 0.1) is 0 Å². The molecular weight excluding hydrogens is 612 g/mol. The zero-order valence-corrected chi connectivity index (χ0v) is 25.1. The van der Waals surface area contributed by atoms with Crippen LogP contribution >= 0.6 is 30.3 Å². The van der Waals surface area contributed by atoms with Crippen molar-refractivity contribution in [1.29, 1.82) is 0 Å². The molecule has 0 aliphatic rings. The highest BCUT2D eigenvalue weighted by molar-refractivity contribution is 7.90. The molecule has 0 saturated carbocycles. The topological polar surface area (TPSA) is 151 Å². The van der Waals surface area contributed by atoms with E-state index in [0.29, 0.717) is 21.8 Å². The fourth-order valence-corrected chi connectivity index (χ4v) is 7.84. The number of aliphatic hydroxyl groups is 1. The van der Waals surface area contributed by atoms with E-state index >= 15 is 0 Å². The van der Waals surface area contributed by atoms with E-state index in [0.717, 1.165) is 6.26 Å². The molecule has 0 spiro atoms. The zero-order valence-electron chi connectivity index (χ0n) is 21.9. The van der Waals surface area contributed by atoms with Gasteiger partial charge in [-0.05, 0) is 48.1 Å². The SMILES string of the molecule is CP(=O)(CC(O)c1cc(Cl)c(C(=O)N[C@@H](Cc2cccc(S(C)(=O)=O)c2)C(=O)O)c(Cl)c1)c1coc2ccccc12. The van der Waals surface area contributed by atoms with Gasteiger partial charge < -0.3 is 24.5 Å². The number of aliphatic hydroxyl groups excluding tert-OH is 1. The second-order valence-electron chi connectivity index (χ2n) is 9.76. The summed E-state index contributed by atoms with van der Waals surface area (Å²) in [5.41, 5.74) is 0.966. The quantitative estimate of drug-likeness (QED) is 0.207. The van der Waals surface area contributed by atoms with Crippen LogP contribution in [0.1, 0.15) is 27.6 Å². The summed E-state index contributed by atoms with van der Waals surface area (Å²) in [5, 5.41) is 23.9. The fourth-order valence-electron chi connectivity index (χ4n) is 4.44. The molecule has 0 aliphatic heterocycles. The summed E-state index contributed by atoms with van der Waals surface area (Å²) in [4.78, 5) is 25.0. The molecule has 3 aromatic carbocycles. The lowest BCUT2D eigenvalue weighted by molar-refractivity contribution is -0.139. The number of para-hydroxylation sites is 1. The van der Waals surface area contributed by atoms with Gasteiger partial charge in [-0.1, -0.05) is 53.5 Å². The first-order valence-corrected chi connectivity index (χ1v) is 17.2. The Hall–Kier alpha value is -3.14. The summed E-state index contributed by atoms with van der Waals surface area (Å²) in [5.74, 6) is -2.23. The number of sulfone groups is 1. The minimum absolute atomic E-state index is 0.0169. The van der Waals surface area contributed by atoms with Crippen LogP contribution in [-0.2, 0) is 25.6 Å². The van der Waals surface area contributed by atoms with Crippen molar-refractivity contribution in [3.63, 3.8) is 0 Å². The molecule has 1 amide bonds. The van der Waals surface area contributed by atoms with Gasteiger partial charge in [0.2, 0.25) is 0 Å². The Balaban J connectivity index is 1.53. The van der Waals surface area contributed by atoms with Crippen molar-refractivity contribution in [2.45, 2.75) is 23.5 Å². The van der Waals surface area contributed by atoms with Gasteiger partial charge in [0.1, 0.15) is 25.0 Å². The monoisotopic (exact) mass is 637 g/mol. The average molecular weight is 638 g/mol. The molecule has 4 aromatic rings. The third kappa shape index (κ3) is 7.02. The fraction of sp³-hybridized carbons (Fsp3) is 0.214. The van der Waals surface area contributed by atoms with Crippen LogP contribution in [-0.4, -0.2) is 55.6 Å². The van der Waals surface area contributed by atoms with E-state index in [1.165, 1.54) is 43.3 Å². The summed E-state index contributed by atoms with van der Waals surface area (Å²) in [6.07, 6.45) is 0.849. The molecule has 9 nitrogen and oxygen atoms in total. The molecule has 13 heteroatoms. The highest BCUT2D eigenvalue weighted by Crippen LogP contribution is 2.46. The number of rotatable bonds is 10. The molecule has 1 heterocycles. The van der Waals surface area contributed by atoms with Crippen LogP contribution in [0.25, 0.3) is 11.0 Å². The van der Waals surface area contributed by atoms with Crippen LogP contribution in [0.3, 0.4) is 0 Å². The number of hydrogen-bond acceptors (Lipinski definition) is 7. The number of halogens is 2. The minimum atomic E-state index is -3.52. The molecular formula is C28H26Cl2NO8PS. The lowest BCUT2D eigenvalue weighted by Crippen LogP contribution is -2.42. The maximum absolute atomic E-state index is 13.6. The molecule has 0 fully saturated rings. The summed E-state index contributed by atoms with van der Waals surface area (Å²) in [6.45, 7) is 1.54. The van der Waals surface area contributed by atoms with Gasteiger partial charge in [0.15, 0.2) is 9.84 Å². The molecule has 0 saturated heterocycles. The lowest BCUT2D eigenvalue weighted by Gasteiger charge is -2.19. The van der Waals surface area contributed by atoms with E-state index in [9.17, 15) is 32.8 Å². The number of nitrogens with one attached hydrogen (secondary N) is 1. The number of furan rings is 1. The maximum atomic E-state index is 13.6. The predicted octanol–water partition coefficient (Wildman–Crippen LogP) is 4.92. The number of carbonyl (C=O) groups is 2. The molecule has 0 aliphatic carbocycles. The van der Waals surface area contributed by atoms with Gasteiger partial charge in [0.25, 0.3) is 5.91 Å². The normalized spacial score (nSPS) is 14.8. The largest absolute Gasteiger partial charge is 0.480 e. The van der Waals surface area contributed by atoms with Gasteiger partial charge in [-0.15, -0.1) is 0 Å². The molecule has 0 bridgehead atoms. The highest BCUT2D eigenvalue weighted by Gasteiger charge is 2.29. The number of carboxylic acids is 1. The standard InChI is InChI=1S/C28H26Cl2NO8PS/c1-40(36,25-14-39-24-9-4-3-8-19(24)25)15-23(32)17-12-20(29)26(21(30)13-17)27(33)31-22(28(34)35)11-16-6-5-7-18(10-16)41(2,37)38/h3-10,12-14,22-23,32H,11,15H2,1-2H3,(H,31,33)(H,34,35)/t22-,23?,40?/m0/s1. The molecule has 2 unspecified atom stereocenters. The number of carboxylic acid groups (broad SMARTS) is 1. The Bertz CT molecular complexity index is 1780. The molecule has 3 atom stereocenters. The number of benzene rings is 3. The predicted molar refractivity (Wildman–Crippen MR) is 158 cm³/mol. The van der Waals surface area contributed by atoms with Gasteiger partial charge in [-0.25, -0.2) is 13.2 Å². The van der Waals surface area contributed by atoms with E-state index < -0.39 is 41.0 Å². The Labute approximate surface area is 246 Å². The lowest BCUT2D eigenvalue weighted by atomic mass is 10.0.